The van der Waals surface area contributed by atoms with Gasteiger partial charge >= 0.3 is 11.8 Å². The molecule has 0 aliphatic carbocycles. The lowest BCUT2D eigenvalue weighted by Gasteiger charge is -2.11. The third-order valence-electron chi connectivity index (χ3n) is 4.79. The van der Waals surface area contributed by atoms with E-state index < -0.39 is 11.8 Å². The predicted octanol–water partition coefficient (Wildman–Crippen LogP) is 3.86. The summed E-state index contributed by atoms with van der Waals surface area (Å²) in [5, 5.41) is 6.99. The molecular weight excluding hydrogens is 384 g/mol. The van der Waals surface area contributed by atoms with Crippen LogP contribution in [-0.4, -0.2) is 26.0 Å². The van der Waals surface area contributed by atoms with Crippen LogP contribution in [-0.2, 0) is 16.1 Å². The van der Waals surface area contributed by atoms with E-state index in [1.54, 1.807) is 25.3 Å². The molecule has 152 valence electrons. The summed E-state index contributed by atoms with van der Waals surface area (Å²) in [6.45, 7) is 0.163. The minimum Gasteiger partial charge on any atom is -0.496 e. The topological polar surface area (TPSA) is 89.8 Å². The standard InChI is InChI=1S/C23H20N2O5/c1-28-18-9-5-3-7-14(18)13-24-22(26)23(27)25-17-12-20-16(11-21(17)29-2)15-8-4-6-10-19(15)30-20/h3-12H,13H2,1-2H3,(H,24,26)(H,25,27). The lowest BCUT2D eigenvalue weighted by Crippen LogP contribution is -2.35. The van der Waals surface area contributed by atoms with E-state index in [0.29, 0.717) is 22.8 Å². The van der Waals surface area contributed by atoms with Crippen LogP contribution in [0.2, 0.25) is 0 Å². The van der Waals surface area contributed by atoms with Crippen molar-refractivity contribution in [1.82, 2.24) is 5.32 Å². The average Bonchev–Trinajstić information content (AvgIpc) is 3.14. The second-order valence-corrected chi connectivity index (χ2v) is 6.60. The number of furan rings is 1. The number of amides is 2. The van der Waals surface area contributed by atoms with Crippen molar-refractivity contribution >= 4 is 39.4 Å². The molecule has 3 aromatic carbocycles. The Morgan fingerprint density at radius 3 is 2.37 bits per heavy atom. The SMILES string of the molecule is COc1ccccc1CNC(=O)C(=O)Nc1cc2oc3ccccc3c2cc1OC. The van der Waals surface area contributed by atoms with E-state index in [0.717, 1.165) is 21.9 Å². The number of fused-ring (bicyclic) bond motifs is 3. The second-order valence-electron chi connectivity index (χ2n) is 6.60. The van der Waals surface area contributed by atoms with Crippen molar-refractivity contribution in [3.63, 3.8) is 0 Å². The molecule has 30 heavy (non-hydrogen) atoms. The van der Waals surface area contributed by atoms with Crippen LogP contribution >= 0.6 is 0 Å². The maximum atomic E-state index is 12.4. The lowest BCUT2D eigenvalue weighted by atomic mass is 10.1. The van der Waals surface area contributed by atoms with Gasteiger partial charge < -0.3 is 24.5 Å². The van der Waals surface area contributed by atoms with E-state index in [2.05, 4.69) is 10.6 Å². The summed E-state index contributed by atoms with van der Waals surface area (Å²) in [6.07, 6.45) is 0. The third-order valence-corrected chi connectivity index (χ3v) is 4.79. The largest absolute Gasteiger partial charge is 0.496 e. The quantitative estimate of drug-likeness (QED) is 0.493. The van der Waals surface area contributed by atoms with Gasteiger partial charge in [-0.2, -0.15) is 0 Å². The summed E-state index contributed by atoms with van der Waals surface area (Å²) < 4.78 is 16.5. The molecule has 0 spiro atoms. The normalized spacial score (nSPS) is 10.7. The number of benzene rings is 3. The molecular formula is C23H20N2O5. The van der Waals surface area contributed by atoms with E-state index in [1.165, 1.54) is 7.11 Å². The Balaban J connectivity index is 1.53. The summed E-state index contributed by atoms with van der Waals surface area (Å²) in [4.78, 5) is 24.7. The average molecular weight is 404 g/mol. The number of rotatable bonds is 5. The minimum atomic E-state index is -0.807. The molecule has 2 amide bonds. The van der Waals surface area contributed by atoms with Gasteiger partial charge in [0.25, 0.3) is 0 Å². The first kappa shape index (κ1) is 19.3. The van der Waals surface area contributed by atoms with Crippen LogP contribution in [0.25, 0.3) is 21.9 Å². The lowest BCUT2D eigenvalue weighted by molar-refractivity contribution is -0.136. The van der Waals surface area contributed by atoms with Crippen LogP contribution in [0, 0.1) is 0 Å². The van der Waals surface area contributed by atoms with Gasteiger partial charge in [0, 0.05) is 28.9 Å². The number of ether oxygens (including phenoxy) is 2. The van der Waals surface area contributed by atoms with Crippen molar-refractivity contribution in [2.45, 2.75) is 6.54 Å². The highest BCUT2D eigenvalue weighted by atomic mass is 16.5. The smallest absolute Gasteiger partial charge is 0.313 e. The van der Waals surface area contributed by atoms with Crippen LogP contribution in [0.3, 0.4) is 0 Å². The Morgan fingerprint density at radius 2 is 1.57 bits per heavy atom. The van der Waals surface area contributed by atoms with Crippen molar-refractivity contribution in [2.75, 3.05) is 19.5 Å². The maximum Gasteiger partial charge on any atom is 0.313 e. The fourth-order valence-corrected chi connectivity index (χ4v) is 3.30. The highest BCUT2D eigenvalue weighted by Gasteiger charge is 2.18. The number of methoxy groups -OCH3 is 2. The van der Waals surface area contributed by atoms with Crippen molar-refractivity contribution in [2.24, 2.45) is 0 Å². The van der Waals surface area contributed by atoms with Gasteiger partial charge in [0.2, 0.25) is 0 Å². The van der Waals surface area contributed by atoms with E-state index in [1.807, 2.05) is 42.5 Å². The molecule has 0 bridgehead atoms. The van der Waals surface area contributed by atoms with Crippen LogP contribution in [0.15, 0.2) is 65.1 Å². The summed E-state index contributed by atoms with van der Waals surface area (Å²) >= 11 is 0. The number of hydrogen-bond acceptors (Lipinski definition) is 5. The molecule has 0 aliphatic rings. The summed E-state index contributed by atoms with van der Waals surface area (Å²) in [5.74, 6) is -0.513. The third kappa shape index (κ3) is 3.65. The monoisotopic (exact) mass is 404 g/mol. The number of para-hydroxylation sites is 2. The zero-order chi connectivity index (χ0) is 21.1. The van der Waals surface area contributed by atoms with Crippen molar-refractivity contribution in [1.29, 1.82) is 0 Å². The zero-order valence-electron chi connectivity index (χ0n) is 16.5. The highest BCUT2D eigenvalue weighted by Crippen LogP contribution is 2.36. The van der Waals surface area contributed by atoms with Gasteiger partial charge in [-0.1, -0.05) is 36.4 Å². The molecule has 1 heterocycles. The van der Waals surface area contributed by atoms with Gasteiger partial charge in [-0.3, -0.25) is 9.59 Å². The Kier molecular flexibility index (Phi) is 5.26. The molecule has 4 aromatic rings. The Bertz CT molecular complexity index is 1250. The van der Waals surface area contributed by atoms with Gasteiger partial charge in [-0.25, -0.2) is 0 Å². The minimum absolute atomic E-state index is 0.163. The van der Waals surface area contributed by atoms with Crippen molar-refractivity contribution < 1.29 is 23.5 Å². The Hall–Kier alpha value is -4.00. The van der Waals surface area contributed by atoms with E-state index in [4.69, 9.17) is 13.9 Å². The van der Waals surface area contributed by atoms with E-state index in [-0.39, 0.29) is 6.54 Å². The van der Waals surface area contributed by atoms with Gasteiger partial charge in [-0.15, -0.1) is 0 Å². The number of nitrogens with one attached hydrogen (secondary N) is 2. The molecule has 0 saturated carbocycles. The van der Waals surface area contributed by atoms with Crippen molar-refractivity contribution in [3.8, 4) is 11.5 Å². The first-order valence-corrected chi connectivity index (χ1v) is 9.31. The molecule has 0 saturated heterocycles. The number of hydrogen-bond donors (Lipinski definition) is 2. The zero-order valence-corrected chi connectivity index (χ0v) is 16.5. The maximum absolute atomic E-state index is 12.4. The van der Waals surface area contributed by atoms with Crippen molar-refractivity contribution in [3.05, 3.63) is 66.2 Å². The number of carbonyl (C=O) groups excluding carboxylic acids is 2. The van der Waals surface area contributed by atoms with Gasteiger partial charge in [-0.05, 0) is 18.2 Å². The fourth-order valence-electron chi connectivity index (χ4n) is 3.30. The molecule has 0 aliphatic heterocycles. The molecule has 1 aromatic heterocycles. The predicted molar refractivity (Wildman–Crippen MR) is 114 cm³/mol. The van der Waals surface area contributed by atoms with Crippen LogP contribution < -0.4 is 20.1 Å². The van der Waals surface area contributed by atoms with E-state index >= 15 is 0 Å². The van der Waals surface area contributed by atoms with Crippen LogP contribution in [0.4, 0.5) is 5.69 Å². The van der Waals surface area contributed by atoms with Crippen LogP contribution in [0.1, 0.15) is 5.56 Å². The van der Waals surface area contributed by atoms with Gasteiger partial charge in [0.15, 0.2) is 0 Å². The molecule has 2 N–H and O–H groups in total. The van der Waals surface area contributed by atoms with Gasteiger partial charge in [0.1, 0.15) is 22.7 Å². The number of anilines is 1. The molecule has 7 nitrogen and oxygen atoms in total. The highest BCUT2D eigenvalue weighted by molar-refractivity contribution is 6.39. The molecule has 0 fully saturated rings. The van der Waals surface area contributed by atoms with Gasteiger partial charge in [0.05, 0.1) is 19.9 Å². The molecule has 7 heteroatoms. The first-order valence-electron chi connectivity index (χ1n) is 9.31. The molecule has 4 rings (SSSR count). The summed E-state index contributed by atoms with van der Waals surface area (Å²) in [6, 6.07) is 18.3. The molecule has 0 unspecified atom stereocenters. The first-order chi connectivity index (χ1) is 14.6. The Morgan fingerprint density at radius 1 is 0.833 bits per heavy atom. The summed E-state index contributed by atoms with van der Waals surface area (Å²) in [7, 11) is 3.05. The fraction of sp³-hybridized carbons (Fsp3) is 0.130. The molecule has 0 atom stereocenters. The van der Waals surface area contributed by atoms with E-state index in [9.17, 15) is 9.59 Å². The molecule has 0 radical (unpaired) electrons. The second kappa shape index (κ2) is 8.16. The summed E-state index contributed by atoms with van der Waals surface area (Å²) in [5.41, 5.74) is 2.43. The van der Waals surface area contributed by atoms with Crippen LogP contribution in [0.5, 0.6) is 11.5 Å². The Labute approximate surface area is 172 Å². The number of carbonyl (C=O) groups is 2.